The number of ether oxygens (including phenoxy) is 1. The highest BCUT2D eigenvalue weighted by atomic mass is 35.5. The number of rotatable bonds is 7. The van der Waals surface area contributed by atoms with Crippen LogP contribution in [0.2, 0.25) is 5.02 Å². The van der Waals surface area contributed by atoms with Crippen LogP contribution in [-0.2, 0) is 17.6 Å². The lowest BCUT2D eigenvalue weighted by Gasteiger charge is -2.18. The van der Waals surface area contributed by atoms with Crippen molar-refractivity contribution in [1.29, 1.82) is 0 Å². The number of nitrogens with one attached hydrogen (secondary N) is 2. The van der Waals surface area contributed by atoms with E-state index in [1.165, 1.54) is 16.6 Å². The van der Waals surface area contributed by atoms with E-state index in [-0.39, 0.29) is 17.2 Å². The number of carbonyl (C=O) groups excluding carboxylic acids is 2. The molecular weight excluding hydrogens is 520 g/mol. The van der Waals surface area contributed by atoms with Crippen LogP contribution in [0.3, 0.4) is 0 Å². The van der Waals surface area contributed by atoms with Crippen LogP contribution in [-0.4, -0.2) is 40.9 Å². The number of methoxy groups -OCH3 is 1. The van der Waals surface area contributed by atoms with Crippen LogP contribution in [0.5, 0.6) is 5.75 Å². The van der Waals surface area contributed by atoms with Crippen molar-refractivity contribution < 1.29 is 14.3 Å². The van der Waals surface area contributed by atoms with Gasteiger partial charge in [-0.3, -0.25) is 19.5 Å². The van der Waals surface area contributed by atoms with Gasteiger partial charge >= 0.3 is 6.03 Å². The van der Waals surface area contributed by atoms with Gasteiger partial charge in [-0.2, -0.15) is 0 Å². The summed E-state index contributed by atoms with van der Waals surface area (Å²) < 4.78 is 6.99. The topological polar surface area (TPSA) is 102 Å². The van der Waals surface area contributed by atoms with Gasteiger partial charge in [0, 0.05) is 16.4 Å². The Kier molecular flexibility index (Phi) is 8.27. The van der Waals surface area contributed by atoms with Crippen molar-refractivity contribution in [1.82, 2.24) is 20.2 Å². The number of thioether (sulfide) groups is 1. The minimum Gasteiger partial charge on any atom is -0.495 e. The first kappa shape index (κ1) is 26.5. The van der Waals surface area contributed by atoms with E-state index in [2.05, 4.69) is 17.6 Å². The van der Waals surface area contributed by atoms with E-state index >= 15 is 0 Å². The summed E-state index contributed by atoms with van der Waals surface area (Å²) in [6.45, 7) is 6.60. The first-order valence-corrected chi connectivity index (χ1v) is 14.0. The van der Waals surface area contributed by atoms with Crippen LogP contribution in [0, 0.1) is 11.8 Å². The monoisotopic (exact) mass is 548 g/mol. The van der Waals surface area contributed by atoms with Gasteiger partial charge in [-0.15, -0.1) is 11.3 Å². The first-order valence-electron chi connectivity index (χ1n) is 11.8. The highest BCUT2D eigenvalue weighted by molar-refractivity contribution is 7.99. The van der Waals surface area contributed by atoms with E-state index in [0.29, 0.717) is 44.3 Å². The molecule has 0 saturated heterocycles. The molecule has 36 heavy (non-hydrogen) atoms. The summed E-state index contributed by atoms with van der Waals surface area (Å²) in [5.74, 6) is 0.690. The molecule has 1 aromatic carbocycles. The van der Waals surface area contributed by atoms with Crippen LogP contribution >= 0.6 is 34.7 Å². The second-order valence-electron chi connectivity index (χ2n) is 9.32. The van der Waals surface area contributed by atoms with Gasteiger partial charge < -0.3 is 10.1 Å². The van der Waals surface area contributed by atoms with E-state index in [4.69, 9.17) is 21.3 Å². The molecule has 1 aliphatic carbocycles. The molecule has 2 N–H and O–H groups in total. The predicted octanol–water partition coefficient (Wildman–Crippen LogP) is 4.81. The SMILES string of the molecule is COc1ccc(Cl)cc1-n1c(SCC(=O)NC(=O)NCC(C)C)nc2sc3c(c2c1=O)CC[C@H](C)C3. The molecule has 0 saturated carbocycles. The van der Waals surface area contributed by atoms with Crippen molar-refractivity contribution in [3.63, 3.8) is 0 Å². The molecule has 4 rings (SSSR count). The van der Waals surface area contributed by atoms with Gasteiger partial charge in [0.15, 0.2) is 5.16 Å². The maximum atomic E-state index is 14.0. The quantitative estimate of drug-likeness (QED) is 0.324. The lowest BCUT2D eigenvalue weighted by atomic mass is 9.89. The minimum atomic E-state index is -0.549. The van der Waals surface area contributed by atoms with E-state index in [1.54, 1.807) is 29.5 Å². The Morgan fingerprint density at radius 3 is 2.86 bits per heavy atom. The van der Waals surface area contributed by atoms with E-state index in [1.807, 2.05) is 13.8 Å². The summed E-state index contributed by atoms with van der Waals surface area (Å²) in [5.41, 5.74) is 1.30. The van der Waals surface area contributed by atoms with Crippen LogP contribution in [0.1, 0.15) is 37.6 Å². The molecule has 0 spiro atoms. The largest absolute Gasteiger partial charge is 0.495 e. The number of thiophene rings is 1. The fourth-order valence-electron chi connectivity index (χ4n) is 4.15. The number of nitrogens with zero attached hydrogens (tertiary/aromatic N) is 2. The Balaban J connectivity index is 1.74. The number of hydrogen-bond donors (Lipinski definition) is 2. The molecule has 0 unspecified atom stereocenters. The lowest BCUT2D eigenvalue weighted by molar-refractivity contribution is -0.117. The number of urea groups is 1. The summed E-state index contributed by atoms with van der Waals surface area (Å²) in [7, 11) is 1.52. The molecule has 2 heterocycles. The van der Waals surface area contributed by atoms with Crippen molar-refractivity contribution in [2.24, 2.45) is 11.8 Å². The molecule has 0 radical (unpaired) electrons. The molecule has 3 aromatic rings. The third-order valence-electron chi connectivity index (χ3n) is 5.94. The molecule has 8 nitrogen and oxygen atoms in total. The van der Waals surface area contributed by atoms with Gasteiger partial charge in [0.2, 0.25) is 5.91 Å². The maximum Gasteiger partial charge on any atom is 0.321 e. The molecule has 192 valence electrons. The number of imide groups is 1. The van der Waals surface area contributed by atoms with Gasteiger partial charge in [0.1, 0.15) is 10.6 Å². The summed E-state index contributed by atoms with van der Waals surface area (Å²) in [5, 5.41) is 6.37. The summed E-state index contributed by atoms with van der Waals surface area (Å²) >= 11 is 8.92. The van der Waals surface area contributed by atoms with Gasteiger partial charge in [-0.1, -0.05) is 44.1 Å². The normalized spacial score (nSPS) is 15.1. The fraction of sp³-hybridized carbons (Fsp3) is 0.440. The molecule has 0 fully saturated rings. The minimum absolute atomic E-state index is 0.0992. The molecule has 11 heteroatoms. The van der Waals surface area contributed by atoms with Crippen LogP contribution in [0.4, 0.5) is 4.79 Å². The summed E-state index contributed by atoms with van der Waals surface area (Å²) in [6.07, 6.45) is 2.78. The average molecular weight is 549 g/mol. The number of fused-ring (bicyclic) bond motifs is 3. The summed E-state index contributed by atoms with van der Waals surface area (Å²) in [6, 6.07) is 4.48. The highest BCUT2D eigenvalue weighted by Gasteiger charge is 2.26. The second kappa shape index (κ2) is 11.2. The number of aryl methyl sites for hydroxylation is 1. The lowest BCUT2D eigenvalue weighted by Crippen LogP contribution is -2.41. The Labute approximate surface area is 222 Å². The molecule has 1 aliphatic rings. The van der Waals surface area contributed by atoms with Crippen molar-refractivity contribution in [2.75, 3.05) is 19.4 Å². The molecule has 2 aromatic heterocycles. The van der Waals surface area contributed by atoms with Crippen LogP contribution < -0.4 is 20.9 Å². The summed E-state index contributed by atoms with van der Waals surface area (Å²) in [4.78, 5) is 45.1. The Morgan fingerprint density at radius 2 is 2.14 bits per heavy atom. The third kappa shape index (κ3) is 5.71. The standard InChI is InChI=1S/C25H29ClN4O4S2/c1-13(2)11-27-24(33)28-20(31)12-35-25-29-22-21(16-7-5-14(3)9-19(16)36-22)23(32)30(25)17-10-15(26)6-8-18(17)34-4/h6,8,10,13-14H,5,7,9,11-12H2,1-4H3,(H2,27,28,31,33)/t14-/m0/s1. The fourth-order valence-corrected chi connectivity index (χ4v) is 6.55. The second-order valence-corrected chi connectivity index (χ2v) is 11.8. The van der Waals surface area contributed by atoms with Crippen molar-refractivity contribution in [3.05, 3.63) is 44.0 Å². The molecular formula is C25H29ClN4O4S2. The molecule has 3 amide bonds. The third-order valence-corrected chi connectivity index (χ3v) is 8.26. The van der Waals surface area contributed by atoms with Crippen molar-refractivity contribution in [3.8, 4) is 11.4 Å². The smallest absolute Gasteiger partial charge is 0.321 e. The number of benzene rings is 1. The zero-order valence-electron chi connectivity index (χ0n) is 20.6. The van der Waals surface area contributed by atoms with E-state index in [0.717, 1.165) is 36.6 Å². The van der Waals surface area contributed by atoms with Crippen LogP contribution in [0.25, 0.3) is 15.9 Å². The number of hydrogen-bond acceptors (Lipinski definition) is 7. The number of amides is 3. The number of aromatic nitrogens is 2. The molecule has 0 aliphatic heterocycles. The van der Waals surface area contributed by atoms with Gasteiger partial charge in [-0.05, 0) is 54.9 Å². The average Bonchev–Trinajstić information content (AvgIpc) is 3.19. The van der Waals surface area contributed by atoms with E-state index in [9.17, 15) is 14.4 Å². The Bertz CT molecular complexity index is 1370. The molecule has 0 bridgehead atoms. The highest BCUT2D eigenvalue weighted by Crippen LogP contribution is 2.38. The Hall–Kier alpha value is -2.56. The maximum absolute atomic E-state index is 14.0. The first-order chi connectivity index (χ1) is 17.2. The van der Waals surface area contributed by atoms with Crippen LogP contribution in [0.15, 0.2) is 28.2 Å². The Morgan fingerprint density at radius 1 is 1.36 bits per heavy atom. The van der Waals surface area contributed by atoms with Crippen molar-refractivity contribution >= 4 is 56.9 Å². The number of halogens is 1. The zero-order valence-corrected chi connectivity index (χ0v) is 23.0. The van der Waals surface area contributed by atoms with E-state index < -0.39 is 11.9 Å². The number of carbonyl (C=O) groups is 2. The van der Waals surface area contributed by atoms with Crippen molar-refractivity contribution in [2.45, 2.75) is 45.2 Å². The van der Waals surface area contributed by atoms with Gasteiger partial charge in [0.05, 0.1) is 23.9 Å². The molecule has 1 atom stereocenters. The van der Waals surface area contributed by atoms with Gasteiger partial charge in [-0.25, -0.2) is 9.78 Å². The predicted molar refractivity (Wildman–Crippen MR) is 145 cm³/mol. The van der Waals surface area contributed by atoms with Gasteiger partial charge in [0.25, 0.3) is 5.56 Å². The zero-order chi connectivity index (χ0) is 26.0.